The van der Waals surface area contributed by atoms with Crippen LogP contribution in [-0.4, -0.2) is 5.25 Å². The molecule has 0 aromatic heterocycles. The van der Waals surface area contributed by atoms with Gasteiger partial charge in [-0.3, -0.25) is 0 Å². The molecule has 0 saturated carbocycles. The van der Waals surface area contributed by atoms with Crippen LogP contribution in [0.15, 0.2) is 11.6 Å². The average Bonchev–Trinajstić information content (AvgIpc) is 2.50. The van der Waals surface area contributed by atoms with Crippen LogP contribution >= 0.6 is 12.6 Å². The van der Waals surface area contributed by atoms with E-state index < -0.39 is 0 Å². The molecule has 1 aliphatic rings. The fraction of sp³-hybridized carbons (Fsp3) is 0.750. The highest BCUT2D eigenvalue weighted by atomic mass is 32.1. The van der Waals surface area contributed by atoms with Crippen LogP contribution in [0.5, 0.6) is 0 Å². The van der Waals surface area contributed by atoms with Crippen LogP contribution < -0.4 is 0 Å². The van der Waals surface area contributed by atoms with E-state index in [0.29, 0.717) is 5.25 Å². The van der Waals surface area contributed by atoms with Crippen molar-refractivity contribution in [2.75, 3.05) is 0 Å². The molecule has 0 N–H and O–H groups in total. The van der Waals surface area contributed by atoms with Crippen LogP contribution in [0.3, 0.4) is 0 Å². The molecule has 1 aliphatic carbocycles. The second kappa shape index (κ2) is 2.78. The molecule has 1 rings (SSSR count). The Morgan fingerprint density at radius 1 is 1.67 bits per heavy atom. The third kappa shape index (κ3) is 2.44. The lowest BCUT2D eigenvalue weighted by atomic mass is 10.0. The van der Waals surface area contributed by atoms with Crippen molar-refractivity contribution >= 4 is 12.6 Å². The lowest BCUT2D eigenvalue weighted by molar-refractivity contribution is 0.580. The molecule has 2 unspecified atom stereocenters. The van der Waals surface area contributed by atoms with E-state index >= 15 is 0 Å². The number of rotatable bonds is 3. The van der Waals surface area contributed by atoms with Gasteiger partial charge in [-0.2, -0.15) is 12.6 Å². The monoisotopic (exact) mass is 142 g/mol. The first kappa shape index (κ1) is 7.20. The van der Waals surface area contributed by atoms with Gasteiger partial charge in [0.15, 0.2) is 0 Å². The van der Waals surface area contributed by atoms with Gasteiger partial charge in [0.25, 0.3) is 0 Å². The van der Waals surface area contributed by atoms with Gasteiger partial charge in [0.2, 0.25) is 0 Å². The number of hydrogen-bond acceptors (Lipinski definition) is 1. The largest absolute Gasteiger partial charge is 0.176 e. The van der Waals surface area contributed by atoms with Gasteiger partial charge in [0.05, 0.1) is 0 Å². The molecule has 9 heavy (non-hydrogen) atoms. The summed E-state index contributed by atoms with van der Waals surface area (Å²) < 4.78 is 0. The van der Waals surface area contributed by atoms with Gasteiger partial charge in [0, 0.05) is 5.25 Å². The van der Waals surface area contributed by atoms with E-state index in [-0.39, 0.29) is 0 Å². The predicted molar refractivity (Wildman–Crippen MR) is 44.9 cm³/mol. The summed E-state index contributed by atoms with van der Waals surface area (Å²) in [6.45, 7) is 4.42. The Kier molecular flexibility index (Phi) is 2.23. The minimum Gasteiger partial charge on any atom is -0.176 e. The summed E-state index contributed by atoms with van der Waals surface area (Å²) in [5, 5.41) is 0.548. The molecule has 0 saturated heterocycles. The molecule has 0 spiro atoms. The summed E-state index contributed by atoms with van der Waals surface area (Å²) in [5.41, 5.74) is 1.63. The Labute approximate surface area is 62.8 Å². The third-order valence-corrected chi connectivity index (χ3v) is 2.41. The number of allylic oxidation sites excluding steroid dienone is 2. The Bertz CT molecular complexity index is 125. The highest BCUT2D eigenvalue weighted by molar-refractivity contribution is 7.80. The van der Waals surface area contributed by atoms with E-state index in [1.165, 1.54) is 12.8 Å². The maximum absolute atomic E-state index is 4.37. The average molecular weight is 142 g/mol. The minimum absolute atomic E-state index is 0.548. The van der Waals surface area contributed by atoms with Crippen LogP contribution in [-0.2, 0) is 0 Å². The highest BCUT2D eigenvalue weighted by Crippen LogP contribution is 2.28. The summed E-state index contributed by atoms with van der Waals surface area (Å²) in [4.78, 5) is 0. The van der Waals surface area contributed by atoms with Crippen molar-refractivity contribution in [2.24, 2.45) is 5.92 Å². The van der Waals surface area contributed by atoms with Crippen molar-refractivity contribution in [1.82, 2.24) is 0 Å². The van der Waals surface area contributed by atoms with Crippen LogP contribution in [0.4, 0.5) is 0 Å². The zero-order valence-corrected chi connectivity index (χ0v) is 6.99. The predicted octanol–water partition coefficient (Wildman–Crippen LogP) is 2.66. The smallest absolute Gasteiger partial charge is 0.00171 e. The Morgan fingerprint density at radius 3 is 2.56 bits per heavy atom. The molecule has 2 atom stereocenters. The van der Waals surface area contributed by atoms with Gasteiger partial charge in [-0.25, -0.2) is 0 Å². The van der Waals surface area contributed by atoms with E-state index in [1.807, 2.05) is 0 Å². The summed E-state index contributed by atoms with van der Waals surface area (Å²) in [7, 11) is 0. The molecule has 1 heteroatoms. The first-order valence-corrected chi connectivity index (χ1v) is 4.07. The molecule has 0 fully saturated rings. The highest BCUT2D eigenvalue weighted by Gasteiger charge is 2.14. The normalized spacial score (nSPS) is 22.8. The molecule has 52 valence electrons. The van der Waals surface area contributed by atoms with E-state index in [1.54, 1.807) is 5.57 Å². The number of hydrogen-bond donors (Lipinski definition) is 1. The van der Waals surface area contributed by atoms with Crippen molar-refractivity contribution in [3.05, 3.63) is 11.6 Å². The van der Waals surface area contributed by atoms with Crippen LogP contribution in [0.2, 0.25) is 0 Å². The lowest BCUT2D eigenvalue weighted by Crippen LogP contribution is -2.05. The molecule has 0 nitrogen and oxygen atoms in total. The second-order valence-corrected chi connectivity index (χ2v) is 3.80. The third-order valence-electron chi connectivity index (χ3n) is 1.90. The fourth-order valence-electron chi connectivity index (χ4n) is 0.823. The molecule has 0 aromatic rings. The van der Waals surface area contributed by atoms with Gasteiger partial charge >= 0.3 is 0 Å². The quantitative estimate of drug-likeness (QED) is 0.454. The zero-order valence-electron chi connectivity index (χ0n) is 6.09. The molecule has 0 bridgehead atoms. The van der Waals surface area contributed by atoms with E-state index in [9.17, 15) is 0 Å². The maximum atomic E-state index is 4.37. The van der Waals surface area contributed by atoms with E-state index in [4.69, 9.17) is 0 Å². The number of thiol groups is 1. The fourth-order valence-corrected chi connectivity index (χ4v) is 0.928. The first-order chi connectivity index (χ1) is 4.20. The van der Waals surface area contributed by atoms with E-state index in [2.05, 4.69) is 32.6 Å². The second-order valence-electron chi connectivity index (χ2n) is 2.99. The summed E-state index contributed by atoms with van der Waals surface area (Å²) in [6.07, 6.45) is 4.84. The first-order valence-electron chi connectivity index (χ1n) is 3.56. The maximum Gasteiger partial charge on any atom is 0.00171 e. The van der Waals surface area contributed by atoms with Gasteiger partial charge in [-0.05, 0) is 18.8 Å². The SMILES string of the molecule is CC(S)C(C)CC1=CC1. The van der Waals surface area contributed by atoms with Crippen molar-refractivity contribution < 1.29 is 0 Å². The van der Waals surface area contributed by atoms with Crippen LogP contribution in [0, 0.1) is 5.92 Å². The Morgan fingerprint density at radius 2 is 2.22 bits per heavy atom. The molecule has 0 aromatic carbocycles. The van der Waals surface area contributed by atoms with Crippen molar-refractivity contribution in [1.29, 1.82) is 0 Å². The van der Waals surface area contributed by atoms with Gasteiger partial charge < -0.3 is 0 Å². The Balaban J connectivity index is 2.17. The summed E-state index contributed by atoms with van der Waals surface area (Å²) >= 11 is 4.37. The Hall–Kier alpha value is 0.0900. The van der Waals surface area contributed by atoms with E-state index in [0.717, 1.165) is 5.92 Å². The molecule has 0 radical (unpaired) electrons. The molecule has 0 aliphatic heterocycles. The van der Waals surface area contributed by atoms with Crippen LogP contribution in [0.1, 0.15) is 26.7 Å². The summed E-state index contributed by atoms with van der Waals surface area (Å²) in [6, 6.07) is 0. The summed E-state index contributed by atoms with van der Waals surface area (Å²) in [5.74, 6) is 0.752. The van der Waals surface area contributed by atoms with Crippen molar-refractivity contribution in [3.8, 4) is 0 Å². The topological polar surface area (TPSA) is 0 Å². The van der Waals surface area contributed by atoms with Crippen molar-refractivity contribution in [2.45, 2.75) is 31.9 Å². The zero-order chi connectivity index (χ0) is 6.85. The van der Waals surface area contributed by atoms with Crippen LogP contribution in [0.25, 0.3) is 0 Å². The molecule has 0 heterocycles. The van der Waals surface area contributed by atoms with Gasteiger partial charge in [-0.1, -0.05) is 25.5 Å². The minimum atomic E-state index is 0.548. The lowest BCUT2D eigenvalue weighted by Gasteiger charge is -2.11. The molecular formula is C8H14S. The van der Waals surface area contributed by atoms with Crippen molar-refractivity contribution in [3.63, 3.8) is 0 Å². The molecular weight excluding hydrogens is 128 g/mol. The standard InChI is InChI=1S/C8H14S/c1-6(7(2)9)5-8-3-4-8/h3,6-7,9H,4-5H2,1-2H3. The van der Waals surface area contributed by atoms with Gasteiger partial charge in [0.1, 0.15) is 0 Å². The van der Waals surface area contributed by atoms with Gasteiger partial charge in [-0.15, -0.1) is 0 Å². The molecule has 0 amide bonds.